The Balaban J connectivity index is 0.000000184. The second-order valence-corrected chi connectivity index (χ2v) is 20.9. The normalized spacial score (nSPS) is 28.6. The van der Waals surface area contributed by atoms with Crippen LogP contribution in [0.3, 0.4) is 0 Å². The minimum Gasteiger partial charge on any atom is -0.504 e. The van der Waals surface area contributed by atoms with E-state index < -0.39 is 60.2 Å². The molecule has 21 heteroatoms. The van der Waals surface area contributed by atoms with Crippen molar-refractivity contribution in [3.8, 4) is 23.0 Å². The zero-order chi connectivity index (χ0) is 54.4. The summed E-state index contributed by atoms with van der Waals surface area (Å²) in [5.41, 5.74) is 18.4. The van der Waals surface area contributed by atoms with Crippen LogP contribution in [0, 0.1) is 13.8 Å². The highest BCUT2D eigenvalue weighted by Crippen LogP contribution is 2.52. The number of piperazine rings is 2. The number of nitrogens with zero attached hydrogens (tertiary/aromatic N) is 2. The number of nitrogens with two attached hydrogens (primary N) is 2. The summed E-state index contributed by atoms with van der Waals surface area (Å²) in [5, 5.41) is 46.9. The van der Waals surface area contributed by atoms with Crippen molar-refractivity contribution in [1.29, 1.82) is 0 Å². The van der Waals surface area contributed by atoms with Crippen LogP contribution in [-0.2, 0) is 51.1 Å². The number of carbonyl (C=O) groups is 6. The Morgan fingerprint density at radius 2 is 1.12 bits per heavy atom. The van der Waals surface area contributed by atoms with E-state index in [9.17, 15) is 44.1 Å². The molecule has 11 atom stereocenters. The van der Waals surface area contributed by atoms with Gasteiger partial charge in [-0.3, -0.25) is 38.6 Å². The van der Waals surface area contributed by atoms with Gasteiger partial charge in [-0.05, 0) is 89.5 Å². The lowest BCUT2D eigenvalue weighted by Crippen LogP contribution is -2.71. The van der Waals surface area contributed by atoms with E-state index in [2.05, 4.69) is 32.2 Å². The molecule has 2 fully saturated rings. The summed E-state index contributed by atoms with van der Waals surface area (Å²) in [7, 11) is 5.75. The van der Waals surface area contributed by atoms with Gasteiger partial charge in [0.2, 0.25) is 23.4 Å². The summed E-state index contributed by atoms with van der Waals surface area (Å²) in [6.45, 7) is 10.8. The van der Waals surface area contributed by atoms with Gasteiger partial charge in [0.25, 0.3) is 0 Å². The molecular formula is C54H68N8O13. The molecule has 4 bridgehead atoms. The van der Waals surface area contributed by atoms with E-state index >= 15 is 0 Å². The maximum Gasteiger partial charge on any atom is 0.236 e. The van der Waals surface area contributed by atoms with E-state index in [0.29, 0.717) is 59.6 Å². The van der Waals surface area contributed by atoms with Crippen molar-refractivity contribution in [2.75, 3.05) is 48.1 Å². The second kappa shape index (κ2) is 20.2. The fourth-order valence-electron chi connectivity index (χ4n) is 13.1. The van der Waals surface area contributed by atoms with Gasteiger partial charge in [0.15, 0.2) is 46.1 Å². The first-order chi connectivity index (χ1) is 35.6. The van der Waals surface area contributed by atoms with E-state index in [4.69, 9.17) is 30.4 Å². The largest absolute Gasteiger partial charge is 0.504 e. The number of aryl methyl sites for hydroxylation is 2. The maximum absolute atomic E-state index is 13.6. The van der Waals surface area contributed by atoms with E-state index in [1.54, 1.807) is 32.6 Å². The number of amides is 2. The van der Waals surface area contributed by atoms with E-state index in [0.717, 1.165) is 27.8 Å². The summed E-state index contributed by atoms with van der Waals surface area (Å²) in [6.07, 6.45) is 0.553. The summed E-state index contributed by atoms with van der Waals surface area (Å²) in [5.74, 6) is -1.13. The van der Waals surface area contributed by atoms with Crippen molar-refractivity contribution in [3.05, 3.63) is 90.5 Å². The minimum atomic E-state index is -1.04. The molecule has 10 rings (SSSR count). The third kappa shape index (κ3) is 8.61. The van der Waals surface area contributed by atoms with Gasteiger partial charge in [-0.2, -0.15) is 0 Å². The number of Topliss-reactive ketones (excluding diaryl/α,β-unsaturated/α-hetero) is 4. The number of phenolic OH excluding ortho intramolecular Hbond substituents is 2. The lowest BCUT2D eigenvalue weighted by molar-refractivity contribution is -0.133. The van der Waals surface area contributed by atoms with Crippen LogP contribution in [0.15, 0.2) is 57.1 Å². The van der Waals surface area contributed by atoms with Crippen LogP contribution in [0.4, 0.5) is 0 Å². The number of methoxy groups -OCH3 is 4. The molecule has 6 heterocycles. The minimum absolute atomic E-state index is 0.0140. The standard InChI is InChI=1S/C27H34N4O7.C27H34N4O6/c1-10-6-13-7-15-27(36)31-16(20(30-15)18(13)22(33)24(10)37-4)8-14-19(17(31)9-29-26(35)12(3)28)23(34)25(38-5)11(2)21(14)32;1-11-6-14-7-15-10-31-17(21(30-15)19(14)23(33)25(11)36-4)8-16-20(18(31)9-29-27(35)13(3)28)24(34)26(37-5)12(2)22(16)32/h6,12,15-17,20,27,30,33,36H,7-9,28H2,1-5H3,(H,29,35);6,13,15,17-18,21,30,33H,7-10,28H2,1-5H3,(H,29,35). The number of aromatic hydroxyl groups is 2. The Kier molecular flexibility index (Phi) is 14.4. The topological polar surface area (TPSA) is 307 Å². The summed E-state index contributed by atoms with van der Waals surface area (Å²) in [4.78, 5) is 83.1. The van der Waals surface area contributed by atoms with E-state index in [1.807, 2.05) is 19.9 Å². The molecule has 75 heavy (non-hydrogen) atoms. The average molecular weight is 1040 g/mol. The highest BCUT2D eigenvalue weighted by atomic mass is 16.5. The number of ether oxygens (including phenoxy) is 4. The first-order valence-electron chi connectivity index (χ1n) is 25.3. The Bertz CT molecular complexity index is 2960. The number of hydrogen-bond acceptors (Lipinski definition) is 19. The van der Waals surface area contributed by atoms with Crippen LogP contribution in [0.5, 0.6) is 23.0 Å². The zero-order valence-electron chi connectivity index (χ0n) is 43.9. The fraction of sp³-hybridized carbons (Fsp3) is 0.519. The summed E-state index contributed by atoms with van der Waals surface area (Å²) in [6, 6.07) is -0.725. The third-order valence-corrected chi connectivity index (χ3v) is 16.4. The van der Waals surface area contributed by atoms with Crippen molar-refractivity contribution < 1.29 is 63.0 Å². The van der Waals surface area contributed by atoms with Gasteiger partial charge < -0.3 is 67.0 Å². The summed E-state index contributed by atoms with van der Waals surface area (Å²) < 4.78 is 21.6. The number of fused-ring (bicyclic) bond motifs is 12. The van der Waals surface area contributed by atoms with Gasteiger partial charge in [0.05, 0.1) is 70.7 Å². The molecule has 0 spiro atoms. The van der Waals surface area contributed by atoms with Crippen LogP contribution < -0.4 is 42.2 Å². The zero-order valence-corrected chi connectivity index (χ0v) is 43.9. The Labute approximate surface area is 434 Å². The number of carbonyl (C=O) groups excluding carboxylic acids is 6. The van der Waals surface area contributed by atoms with Crippen molar-refractivity contribution >= 4 is 34.9 Å². The Hall–Kier alpha value is -6.46. The molecule has 2 amide bonds. The number of aliphatic hydroxyl groups excluding tert-OH is 1. The van der Waals surface area contributed by atoms with Crippen molar-refractivity contribution in [3.63, 3.8) is 0 Å². The van der Waals surface area contributed by atoms with Gasteiger partial charge >= 0.3 is 0 Å². The second-order valence-electron chi connectivity index (χ2n) is 20.9. The highest BCUT2D eigenvalue weighted by Gasteiger charge is 2.56. The molecule has 402 valence electrons. The van der Waals surface area contributed by atoms with Crippen LogP contribution in [0.25, 0.3) is 0 Å². The molecule has 2 saturated heterocycles. The van der Waals surface area contributed by atoms with Gasteiger partial charge in [-0.1, -0.05) is 12.1 Å². The fourth-order valence-corrected chi connectivity index (χ4v) is 13.1. The molecule has 21 nitrogen and oxygen atoms in total. The lowest BCUT2D eigenvalue weighted by Gasteiger charge is -2.57. The molecule has 2 aromatic rings. The van der Waals surface area contributed by atoms with Crippen molar-refractivity contribution in [1.82, 2.24) is 31.1 Å². The van der Waals surface area contributed by atoms with Crippen LogP contribution >= 0.6 is 0 Å². The quantitative estimate of drug-likeness (QED) is 0.146. The maximum atomic E-state index is 13.6. The number of benzene rings is 2. The molecule has 0 radical (unpaired) electrons. The molecule has 8 aliphatic rings. The molecule has 6 aliphatic heterocycles. The highest BCUT2D eigenvalue weighted by molar-refractivity contribution is 6.26. The van der Waals surface area contributed by atoms with Crippen LogP contribution in [0.2, 0.25) is 0 Å². The number of nitrogens with one attached hydrogen (secondary N) is 4. The van der Waals surface area contributed by atoms with Gasteiger partial charge in [0, 0.05) is 82.3 Å². The van der Waals surface area contributed by atoms with Gasteiger partial charge in [0.1, 0.15) is 6.23 Å². The number of hydrogen-bond donors (Lipinski definition) is 9. The smallest absolute Gasteiger partial charge is 0.236 e. The number of phenols is 2. The monoisotopic (exact) mass is 1040 g/mol. The molecule has 2 aromatic carbocycles. The predicted octanol–water partition coefficient (Wildman–Crippen LogP) is 0.425. The van der Waals surface area contributed by atoms with Crippen molar-refractivity contribution in [2.24, 2.45) is 11.5 Å². The third-order valence-electron chi connectivity index (χ3n) is 16.4. The van der Waals surface area contributed by atoms with E-state index in [-0.39, 0.29) is 101 Å². The SMILES string of the molecule is COC1=C(C)C(=O)C2=C(C1=O)C(CNC(=O)C(C)N)N1C(O)C3Cc4cc(C)c(OC)c(O)c4C(N3)C1C2.COC1=C(C)C(=O)C2=C(C1=O)C(CNC(=O)C(C)N)N1CC3Cc4cc(C)c(OC)c(O)c4C(N3)C1C2. The molecular weight excluding hydrogens is 969 g/mol. The van der Waals surface area contributed by atoms with Crippen LogP contribution in [0.1, 0.15) is 86.0 Å². The van der Waals surface area contributed by atoms with Crippen LogP contribution in [-0.4, -0.2) is 163 Å². The number of aliphatic hydroxyl groups is 1. The number of allylic oxidation sites excluding steroid dienone is 4. The number of rotatable bonds is 10. The van der Waals surface area contributed by atoms with Gasteiger partial charge in [-0.15, -0.1) is 0 Å². The van der Waals surface area contributed by atoms with Crippen molar-refractivity contribution in [2.45, 2.75) is 134 Å². The summed E-state index contributed by atoms with van der Waals surface area (Å²) >= 11 is 0. The van der Waals surface area contributed by atoms with Gasteiger partial charge in [-0.25, -0.2) is 0 Å². The average Bonchev–Trinajstić information content (AvgIpc) is 3.37. The first kappa shape index (κ1) is 53.4. The molecule has 2 aliphatic carbocycles. The number of ketones is 4. The molecule has 0 saturated carbocycles. The Morgan fingerprint density at radius 1 is 0.667 bits per heavy atom. The molecule has 11 N–H and O–H groups in total. The van der Waals surface area contributed by atoms with E-state index in [1.165, 1.54) is 28.4 Å². The molecule has 0 aromatic heterocycles. The molecule has 11 unspecified atom stereocenters. The Morgan fingerprint density at radius 3 is 1.60 bits per heavy atom. The lowest BCUT2D eigenvalue weighted by atomic mass is 9.71. The predicted molar refractivity (Wildman–Crippen MR) is 271 cm³/mol. The first-order valence-corrected chi connectivity index (χ1v) is 25.3.